The second-order valence-electron chi connectivity index (χ2n) is 5.91. The van der Waals surface area contributed by atoms with Crippen LogP contribution in [-0.2, 0) is 0 Å². The molecule has 0 spiro atoms. The summed E-state index contributed by atoms with van der Waals surface area (Å²) in [6.45, 7) is 0. The van der Waals surface area contributed by atoms with Crippen molar-refractivity contribution in [2.75, 3.05) is 5.32 Å². The van der Waals surface area contributed by atoms with Gasteiger partial charge in [0.25, 0.3) is 5.91 Å². The van der Waals surface area contributed by atoms with Crippen molar-refractivity contribution in [2.24, 2.45) is 4.99 Å². The van der Waals surface area contributed by atoms with E-state index in [1.807, 2.05) is 60.7 Å². The highest BCUT2D eigenvalue weighted by molar-refractivity contribution is 7.09. The van der Waals surface area contributed by atoms with Crippen molar-refractivity contribution in [3.05, 3.63) is 88.8 Å². The summed E-state index contributed by atoms with van der Waals surface area (Å²) in [5.41, 5.74) is 2.27. The summed E-state index contributed by atoms with van der Waals surface area (Å²) in [7, 11) is 0. The fraction of sp³-hybridized carbons (Fsp3) is 0. The van der Waals surface area contributed by atoms with E-state index in [2.05, 4.69) is 20.0 Å². The molecule has 1 aromatic heterocycles. The number of halogens is 1. The first-order valence-corrected chi connectivity index (χ1v) is 9.66. The number of nitrogens with zero attached hydrogens (tertiary/aromatic N) is 2. The van der Waals surface area contributed by atoms with Gasteiger partial charge >= 0.3 is 0 Å². The number of carbonyl (C=O) groups is 1. The van der Waals surface area contributed by atoms with Gasteiger partial charge < -0.3 is 5.32 Å². The molecule has 3 aromatic carbocycles. The molecular weight excluding hydrogens is 392 g/mol. The van der Waals surface area contributed by atoms with Gasteiger partial charge in [0.2, 0.25) is 5.96 Å². The predicted octanol–water partition coefficient (Wildman–Crippen LogP) is 5.48. The molecule has 7 heteroatoms. The fourth-order valence-electron chi connectivity index (χ4n) is 2.62. The highest BCUT2D eigenvalue weighted by Gasteiger charge is 2.16. The van der Waals surface area contributed by atoms with Gasteiger partial charge in [0.15, 0.2) is 0 Å². The first-order valence-electron chi connectivity index (χ1n) is 8.51. The van der Waals surface area contributed by atoms with Crippen LogP contribution < -0.4 is 10.6 Å². The molecule has 28 heavy (non-hydrogen) atoms. The Labute approximate surface area is 170 Å². The van der Waals surface area contributed by atoms with Gasteiger partial charge in [0.05, 0.1) is 11.2 Å². The number of carbonyl (C=O) groups excluding carboxylic acids is 1. The van der Waals surface area contributed by atoms with Crippen molar-refractivity contribution in [2.45, 2.75) is 0 Å². The Morgan fingerprint density at radius 1 is 0.964 bits per heavy atom. The van der Waals surface area contributed by atoms with Gasteiger partial charge in [-0.1, -0.05) is 48.0 Å². The molecule has 138 valence electrons. The number of guanidine groups is 1. The predicted molar refractivity (Wildman–Crippen MR) is 116 cm³/mol. The van der Waals surface area contributed by atoms with Gasteiger partial charge in [-0.3, -0.25) is 10.1 Å². The summed E-state index contributed by atoms with van der Waals surface area (Å²) in [4.78, 5) is 17.9. The maximum Gasteiger partial charge on any atom is 0.270 e. The first-order chi connectivity index (χ1) is 13.7. The number of anilines is 1. The average Bonchev–Trinajstić information content (AvgIpc) is 3.12. The van der Waals surface area contributed by atoms with Crippen LogP contribution in [0.1, 0.15) is 9.67 Å². The molecular formula is C21H15ClN4OS. The molecule has 0 unspecified atom stereocenters. The van der Waals surface area contributed by atoms with E-state index in [0.717, 1.165) is 28.4 Å². The van der Waals surface area contributed by atoms with Crippen LogP contribution in [0.25, 0.3) is 10.9 Å². The number of nitrogens with one attached hydrogen (secondary N) is 2. The lowest BCUT2D eigenvalue weighted by atomic mass is 10.2. The molecule has 0 saturated heterocycles. The third-order valence-electron chi connectivity index (χ3n) is 3.91. The molecule has 1 amide bonds. The standard InChI is InChI=1S/C21H15ClN4OS/c22-14-11-12-18-17(13-14)19(28-26-18)20(27)25-21(23-15-7-3-1-4-8-15)24-16-9-5-2-6-10-16/h1-13H,(H2,23,24,25,27). The monoisotopic (exact) mass is 406 g/mol. The molecule has 0 aliphatic heterocycles. The van der Waals surface area contributed by atoms with Gasteiger partial charge in [-0.25, -0.2) is 4.99 Å². The minimum Gasteiger partial charge on any atom is -0.326 e. The van der Waals surface area contributed by atoms with E-state index in [-0.39, 0.29) is 5.91 Å². The van der Waals surface area contributed by atoms with Crippen molar-refractivity contribution in [3.63, 3.8) is 0 Å². The van der Waals surface area contributed by atoms with E-state index in [4.69, 9.17) is 11.6 Å². The average molecular weight is 407 g/mol. The lowest BCUT2D eigenvalue weighted by molar-refractivity contribution is 0.0982. The molecule has 2 N–H and O–H groups in total. The van der Waals surface area contributed by atoms with Crippen LogP contribution in [0.3, 0.4) is 0 Å². The van der Waals surface area contributed by atoms with Gasteiger partial charge in [-0.05, 0) is 54.0 Å². The molecule has 0 saturated carbocycles. The number of para-hydroxylation sites is 2. The number of aliphatic imine (C=N–C) groups is 1. The van der Waals surface area contributed by atoms with Crippen LogP contribution in [0.2, 0.25) is 5.02 Å². The molecule has 1 heterocycles. The van der Waals surface area contributed by atoms with Crippen LogP contribution in [0.4, 0.5) is 11.4 Å². The molecule has 0 radical (unpaired) electrons. The van der Waals surface area contributed by atoms with Crippen molar-refractivity contribution in [1.82, 2.24) is 9.69 Å². The Morgan fingerprint density at radius 2 is 1.68 bits per heavy atom. The quantitative estimate of drug-likeness (QED) is 0.349. The Morgan fingerprint density at radius 3 is 2.43 bits per heavy atom. The molecule has 0 aliphatic rings. The molecule has 0 aliphatic carbocycles. The van der Waals surface area contributed by atoms with E-state index in [9.17, 15) is 4.79 Å². The number of rotatable bonds is 3. The topological polar surface area (TPSA) is 66.4 Å². The highest BCUT2D eigenvalue weighted by atomic mass is 35.5. The van der Waals surface area contributed by atoms with Crippen molar-refractivity contribution >= 4 is 57.3 Å². The zero-order valence-electron chi connectivity index (χ0n) is 14.6. The molecule has 4 aromatic rings. The second-order valence-corrected chi connectivity index (χ2v) is 7.12. The third kappa shape index (κ3) is 4.19. The zero-order valence-corrected chi connectivity index (χ0v) is 16.2. The summed E-state index contributed by atoms with van der Waals surface area (Å²) in [5.74, 6) is 0.0267. The number of amides is 1. The maximum atomic E-state index is 12.9. The number of benzene rings is 3. The normalized spacial score (nSPS) is 11.4. The highest BCUT2D eigenvalue weighted by Crippen LogP contribution is 2.25. The minimum atomic E-state index is -0.298. The maximum absolute atomic E-state index is 12.9. The van der Waals surface area contributed by atoms with E-state index in [1.165, 1.54) is 0 Å². The summed E-state index contributed by atoms with van der Waals surface area (Å²) in [5, 5.41) is 7.29. The second kappa shape index (κ2) is 8.21. The summed E-state index contributed by atoms with van der Waals surface area (Å²) in [6.07, 6.45) is 0. The number of aromatic nitrogens is 1. The largest absolute Gasteiger partial charge is 0.326 e. The Balaban J connectivity index is 1.65. The van der Waals surface area contributed by atoms with Crippen LogP contribution >= 0.6 is 23.1 Å². The Kier molecular flexibility index (Phi) is 5.32. The van der Waals surface area contributed by atoms with Crippen LogP contribution in [0.5, 0.6) is 0 Å². The molecule has 4 rings (SSSR count). The smallest absolute Gasteiger partial charge is 0.270 e. The van der Waals surface area contributed by atoms with E-state index < -0.39 is 0 Å². The molecule has 5 nitrogen and oxygen atoms in total. The van der Waals surface area contributed by atoms with Crippen LogP contribution in [-0.4, -0.2) is 16.2 Å². The SMILES string of the molecule is O=C(NC(=Nc1ccccc1)Nc1ccccc1)c1snc2ccc(Cl)cc12. The van der Waals surface area contributed by atoms with Crippen LogP contribution in [0.15, 0.2) is 83.9 Å². The summed E-state index contributed by atoms with van der Waals surface area (Å²) >= 11 is 7.21. The van der Waals surface area contributed by atoms with Crippen molar-refractivity contribution in [3.8, 4) is 0 Å². The van der Waals surface area contributed by atoms with E-state index >= 15 is 0 Å². The Hall–Kier alpha value is -3.22. The van der Waals surface area contributed by atoms with Gasteiger partial charge in [0.1, 0.15) is 4.88 Å². The third-order valence-corrected chi connectivity index (χ3v) is 5.02. The number of hydrogen-bond donors (Lipinski definition) is 2. The number of hydrogen-bond acceptors (Lipinski definition) is 4. The first kappa shape index (κ1) is 18.2. The minimum absolute atomic E-state index is 0.298. The lowest BCUT2D eigenvalue weighted by Gasteiger charge is -2.11. The van der Waals surface area contributed by atoms with Crippen LogP contribution in [0, 0.1) is 0 Å². The number of fused-ring (bicyclic) bond motifs is 1. The zero-order chi connectivity index (χ0) is 19.3. The van der Waals surface area contributed by atoms with Gasteiger partial charge in [-0.15, -0.1) is 0 Å². The molecule has 0 atom stereocenters. The van der Waals surface area contributed by atoms with Crippen molar-refractivity contribution < 1.29 is 4.79 Å². The van der Waals surface area contributed by atoms with Gasteiger partial charge in [0, 0.05) is 16.1 Å². The summed E-state index contributed by atoms with van der Waals surface area (Å²) in [6, 6.07) is 24.2. The van der Waals surface area contributed by atoms with Crippen molar-refractivity contribution in [1.29, 1.82) is 0 Å². The van der Waals surface area contributed by atoms with E-state index in [0.29, 0.717) is 21.2 Å². The van der Waals surface area contributed by atoms with Gasteiger partial charge in [-0.2, -0.15) is 4.37 Å². The lowest BCUT2D eigenvalue weighted by Crippen LogP contribution is -2.35. The summed E-state index contributed by atoms with van der Waals surface area (Å²) < 4.78 is 4.32. The fourth-order valence-corrected chi connectivity index (χ4v) is 3.54. The molecule has 0 bridgehead atoms. The molecule has 0 fully saturated rings. The Bertz CT molecular complexity index is 1140. The van der Waals surface area contributed by atoms with E-state index in [1.54, 1.807) is 18.2 Å².